The molecule has 0 saturated heterocycles. The molecule has 104 valence electrons. The molecule has 0 unspecified atom stereocenters. The number of nitrogens with zero attached hydrogens (tertiary/aromatic N) is 3. The van der Waals surface area contributed by atoms with Crippen LogP contribution in [0.2, 0.25) is 5.02 Å². The Bertz CT molecular complexity index is 805. The first-order chi connectivity index (χ1) is 9.41. The van der Waals surface area contributed by atoms with Crippen molar-refractivity contribution < 1.29 is 5.11 Å². The molecule has 0 aliphatic heterocycles. The molecule has 0 atom stereocenters. The smallest absolute Gasteiger partial charge is 0.333 e. The van der Waals surface area contributed by atoms with Crippen molar-refractivity contribution in [1.29, 1.82) is 0 Å². The molecule has 0 aliphatic carbocycles. The third kappa shape index (κ3) is 2.50. The van der Waals surface area contributed by atoms with Crippen LogP contribution in [0.5, 0.6) is 5.88 Å². The lowest BCUT2D eigenvalue weighted by Gasteiger charge is -2.06. The molecule has 0 fully saturated rings. The normalized spacial score (nSPS) is 11.2. The SMILES string of the molecule is Cn1c(O)c(C=Nc2cccc(Cl)c2)c(=O)n(C)c1=O. The van der Waals surface area contributed by atoms with Gasteiger partial charge in [-0.2, -0.15) is 0 Å². The summed E-state index contributed by atoms with van der Waals surface area (Å²) in [6.45, 7) is 0. The largest absolute Gasteiger partial charge is 0.494 e. The minimum absolute atomic E-state index is 0.0606. The third-order valence-electron chi connectivity index (χ3n) is 2.82. The van der Waals surface area contributed by atoms with Gasteiger partial charge >= 0.3 is 5.69 Å². The zero-order chi connectivity index (χ0) is 14.9. The summed E-state index contributed by atoms with van der Waals surface area (Å²) < 4.78 is 1.87. The molecular weight excluding hydrogens is 282 g/mol. The quantitative estimate of drug-likeness (QED) is 0.845. The molecule has 0 aliphatic rings. The number of aromatic hydroxyl groups is 1. The third-order valence-corrected chi connectivity index (χ3v) is 3.05. The van der Waals surface area contributed by atoms with Crippen molar-refractivity contribution in [3.05, 3.63) is 55.7 Å². The first-order valence-corrected chi connectivity index (χ1v) is 6.08. The Morgan fingerprint density at radius 3 is 2.60 bits per heavy atom. The molecule has 0 saturated carbocycles. The fourth-order valence-corrected chi connectivity index (χ4v) is 1.85. The Kier molecular flexibility index (Phi) is 3.76. The molecule has 7 heteroatoms. The molecule has 0 bridgehead atoms. The molecule has 0 spiro atoms. The van der Waals surface area contributed by atoms with E-state index in [0.29, 0.717) is 10.7 Å². The molecule has 1 aromatic heterocycles. The van der Waals surface area contributed by atoms with E-state index in [1.165, 1.54) is 20.3 Å². The summed E-state index contributed by atoms with van der Waals surface area (Å²) in [6, 6.07) is 6.73. The van der Waals surface area contributed by atoms with Gasteiger partial charge in [-0.1, -0.05) is 17.7 Å². The van der Waals surface area contributed by atoms with Gasteiger partial charge in [0.05, 0.1) is 5.69 Å². The van der Waals surface area contributed by atoms with E-state index in [2.05, 4.69) is 4.99 Å². The highest BCUT2D eigenvalue weighted by molar-refractivity contribution is 6.30. The van der Waals surface area contributed by atoms with Crippen LogP contribution in [0.4, 0.5) is 5.69 Å². The second-order valence-corrected chi connectivity index (χ2v) is 4.62. The van der Waals surface area contributed by atoms with E-state index in [9.17, 15) is 14.7 Å². The van der Waals surface area contributed by atoms with Crippen molar-refractivity contribution in [2.75, 3.05) is 0 Å². The van der Waals surface area contributed by atoms with E-state index in [4.69, 9.17) is 11.6 Å². The average molecular weight is 294 g/mol. The molecule has 1 N–H and O–H groups in total. The van der Waals surface area contributed by atoms with Gasteiger partial charge in [-0.25, -0.2) is 4.79 Å². The highest BCUT2D eigenvalue weighted by atomic mass is 35.5. The molecule has 20 heavy (non-hydrogen) atoms. The Morgan fingerprint density at radius 1 is 1.25 bits per heavy atom. The molecule has 1 aromatic carbocycles. The number of hydrogen-bond acceptors (Lipinski definition) is 4. The second-order valence-electron chi connectivity index (χ2n) is 4.18. The minimum Gasteiger partial charge on any atom is -0.494 e. The first-order valence-electron chi connectivity index (χ1n) is 5.70. The highest BCUT2D eigenvalue weighted by Crippen LogP contribution is 2.18. The molecule has 2 rings (SSSR count). The number of benzene rings is 1. The molecule has 0 amide bonds. The van der Waals surface area contributed by atoms with Crippen molar-refractivity contribution in [3.8, 4) is 5.88 Å². The summed E-state index contributed by atoms with van der Waals surface area (Å²) in [6.07, 6.45) is 1.21. The van der Waals surface area contributed by atoms with Crippen molar-refractivity contribution in [2.24, 2.45) is 19.1 Å². The van der Waals surface area contributed by atoms with Crippen molar-refractivity contribution >= 4 is 23.5 Å². The summed E-state index contributed by atoms with van der Waals surface area (Å²) >= 11 is 5.83. The van der Waals surface area contributed by atoms with Crippen molar-refractivity contribution in [1.82, 2.24) is 9.13 Å². The lowest BCUT2D eigenvalue weighted by molar-refractivity contribution is 0.410. The van der Waals surface area contributed by atoms with E-state index >= 15 is 0 Å². The van der Waals surface area contributed by atoms with E-state index in [1.54, 1.807) is 24.3 Å². The van der Waals surface area contributed by atoms with Crippen LogP contribution in [0.1, 0.15) is 5.56 Å². The van der Waals surface area contributed by atoms with Crippen LogP contribution < -0.4 is 11.2 Å². The minimum atomic E-state index is -0.614. The van der Waals surface area contributed by atoms with Crippen LogP contribution >= 0.6 is 11.6 Å². The summed E-state index contributed by atoms with van der Waals surface area (Å²) in [5.74, 6) is -0.427. The summed E-state index contributed by atoms with van der Waals surface area (Å²) in [4.78, 5) is 27.6. The number of aromatic nitrogens is 2. The second kappa shape index (κ2) is 5.34. The predicted molar refractivity (Wildman–Crippen MR) is 77.3 cm³/mol. The molecule has 1 heterocycles. The molecular formula is C13H12ClN3O3. The Balaban J connectivity index is 2.55. The van der Waals surface area contributed by atoms with E-state index in [1.807, 2.05) is 0 Å². The highest BCUT2D eigenvalue weighted by Gasteiger charge is 2.12. The van der Waals surface area contributed by atoms with Crippen LogP contribution in [0, 0.1) is 0 Å². The summed E-state index contributed by atoms with van der Waals surface area (Å²) in [5, 5.41) is 10.4. The number of halogens is 1. The van der Waals surface area contributed by atoms with E-state index in [0.717, 1.165) is 9.13 Å². The molecule has 2 aromatic rings. The lowest BCUT2D eigenvalue weighted by Crippen LogP contribution is -2.38. The average Bonchev–Trinajstić information content (AvgIpc) is 2.43. The van der Waals surface area contributed by atoms with Gasteiger partial charge in [0.15, 0.2) is 0 Å². The van der Waals surface area contributed by atoms with Crippen LogP contribution in [-0.2, 0) is 14.1 Å². The molecule has 6 nitrogen and oxygen atoms in total. The van der Waals surface area contributed by atoms with Gasteiger partial charge < -0.3 is 5.11 Å². The fraction of sp³-hybridized carbons (Fsp3) is 0.154. The van der Waals surface area contributed by atoms with Crippen LogP contribution in [0.25, 0.3) is 0 Å². The van der Waals surface area contributed by atoms with Gasteiger partial charge in [-0.3, -0.25) is 18.9 Å². The zero-order valence-electron chi connectivity index (χ0n) is 10.9. The van der Waals surface area contributed by atoms with E-state index < -0.39 is 17.1 Å². The molecule has 0 radical (unpaired) electrons. The Labute approximate surface area is 119 Å². The maximum Gasteiger partial charge on any atom is 0.333 e. The number of hydrogen-bond donors (Lipinski definition) is 1. The van der Waals surface area contributed by atoms with Gasteiger partial charge in [0.2, 0.25) is 5.88 Å². The van der Waals surface area contributed by atoms with Crippen molar-refractivity contribution in [3.63, 3.8) is 0 Å². The lowest BCUT2D eigenvalue weighted by atomic mass is 10.3. The maximum absolute atomic E-state index is 11.9. The zero-order valence-corrected chi connectivity index (χ0v) is 11.6. The van der Waals surface area contributed by atoms with Gasteiger partial charge in [0, 0.05) is 25.3 Å². The van der Waals surface area contributed by atoms with Gasteiger partial charge in [0.1, 0.15) is 5.56 Å². The first kappa shape index (κ1) is 14.1. The maximum atomic E-state index is 11.9. The topological polar surface area (TPSA) is 76.6 Å². The summed E-state index contributed by atoms with van der Waals surface area (Å²) in [5.41, 5.74) is -0.744. The Hall–Kier alpha value is -2.34. The van der Waals surface area contributed by atoms with Gasteiger partial charge in [0.25, 0.3) is 5.56 Å². The van der Waals surface area contributed by atoms with Crippen LogP contribution in [0.15, 0.2) is 38.8 Å². The number of rotatable bonds is 2. The van der Waals surface area contributed by atoms with Crippen LogP contribution in [0.3, 0.4) is 0 Å². The number of aliphatic imine (C=N–C) groups is 1. The fourth-order valence-electron chi connectivity index (χ4n) is 1.67. The Morgan fingerprint density at radius 2 is 1.95 bits per heavy atom. The predicted octanol–water partition coefficient (Wildman–Crippen LogP) is 1.19. The van der Waals surface area contributed by atoms with Crippen LogP contribution in [-0.4, -0.2) is 20.5 Å². The van der Waals surface area contributed by atoms with Gasteiger partial charge in [-0.05, 0) is 18.2 Å². The van der Waals surface area contributed by atoms with Crippen molar-refractivity contribution in [2.45, 2.75) is 0 Å². The van der Waals surface area contributed by atoms with Gasteiger partial charge in [-0.15, -0.1) is 0 Å². The monoisotopic (exact) mass is 293 g/mol. The standard InChI is InChI=1S/C13H12ClN3O3/c1-16-11(18)10(12(19)17(2)13(16)20)7-15-9-5-3-4-8(14)6-9/h3-7,18H,1-2H3. The van der Waals surface area contributed by atoms with E-state index in [-0.39, 0.29) is 5.56 Å². The summed E-state index contributed by atoms with van der Waals surface area (Å²) in [7, 11) is 2.70.